The molecule has 0 spiro atoms. The summed E-state index contributed by atoms with van der Waals surface area (Å²) in [6, 6.07) is 21.3. The topological polar surface area (TPSA) is 9.23 Å². The summed E-state index contributed by atoms with van der Waals surface area (Å²) in [6.45, 7) is 3.11. The highest BCUT2D eigenvalue weighted by Crippen LogP contribution is 2.01. The number of hydrogen-bond acceptors (Lipinski definition) is 1. The van der Waals surface area contributed by atoms with Crippen LogP contribution >= 0.6 is 0 Å². The summed E-state index contributed by atoms with van der Waals surface area (Å²) in [5, 5.41) is 2.67. The van der Waals surface area contributed by atoms with Crippen LogP contribution in [0.15, 0.2) is 60.7 Å². The van der Waals surface area contributed by atoms with Crippen LogP contribution in [0.2, 0.25) is 0 Å². The lowest BCUT2D eigenvalue weighted by Gasteiger charge is -2.16. The maximum absolute atomic E-state index is 6.26. The van der Waals surface area contributed by atoms with E-state index in [-0.39, 0.29) is 0 Å². The molecule has 20 heavy (non-hydrogen) atoms. The van der Waals surface area contributed by atoms with E-state index in [1.54, 1.807) is 0 Å². The van der Waals surface area contributed by atoms with Crippen molar-refractivity contribution in [3.63, 3.8) is 0 Å². The highest BCUT2D eigenvalue weighted by molar-refractivity contribution is 6.80. The minimum absolute atomic E-state index is 0.873. The van der Waals surface area contributed by atoms with Gasteiger partial charge in [0.2, 0.25) is 0 Å². The summed E-state index contributed by atoms with van der Waals surface area (Å²) in [5.74, 6) is 0. The molecule has 0 amide bonds. The molecule has 1 nitrogen and oxygen atoms in total. The standard InChI is InChI=1S/C18H23OSi/c1-2-3-4-11-16-19-20(17-12-7-5-8-13-17)18-14-9-6-10-15-18/h5-10,12-15H,2-4,11,16H2,1H3. The third-order valence-electron chi connectivity index (χ3n) is 3.32. The van der Waals surface area contributed by atoms with Crippen molar-refractivity contribution in [3.05, 3.63) is 60.7 Å². The van der Waals surface area contributed by atoms with Crippen molar-refractivity contribution in [1.29, 1.82) is 0 Å². The Morgan fingerprint density at radius 3 is 1.80 bits per heavy atom. The van der Waals surface area contributed by atoms with Gasteiger partial charge < -0.3 is 4.43 Å². The first-order valence-electron chi connectivity index (χ1n) is 7.52. The van der Waals surface area contributed by atoms with E-state index in [1.807, 2.05) is 0 Å². The Bertz CT molecular complexity index is 430. The Morgan fingerprint density at radius 2 is 1.30 bits per heavy atom. The van der Waals surface area contributed by atoms with Gasteiger partial charge in [0.25, 0.3) is 9.04 Å². The summed E-state index contributed by atoms with van der Waals surface area (Å²) in [4.78, 5) is 0. The second-order valence-corrected chi connectivity index (χ2v) is 7.07. The minimum Gasteiger partial charge on any atom is -0.407 e. The van der Waals surface area contributed by atoms with Gasteiger partial charge in [0.15, 0.2) is 0 Å². The van der Waals surface area contributed by atoms with Gasteiger partial charge in [-0.25, -0.2) is 0 Å². The Labute approximate surface area is 124 Å². The molecule has 0 aliphatic carbocycles. The average molecular weight is 283 g/mol. The molecule has 0 saturated carbocycles. The van der Waals surface area contributed by atoms with E-state index >= 15 is 0 Å². The Balaban J connectivity index is 2.02. The van der Waals surface area contributed by atoms with Crippen molar-refractivity contribution < 1.29 is 4.43 Å². The van der Waals surface area contributed by atoms with Gasteiger partial charge in [0.1, 0.15) is 0 Å². The Kier molecular flexibility index (Phi) is 6.55. The van der Waals surface area contributed by atoms with Crippen molar-refractivity contribution in [1.82, 2.24) is 0 Å². The first-order chi connectivity index (χ1) is 9.92. The lowest BCUT2D eigenvalue weighted by atomic mass is 10.2. The van der Waals surface area contributed by atoms with E-state index < -0.39 is 9.04 Å². The molecule has 0 N–H and O–H groups in total. The highest BCUT2D eigenvalue weighted by atomic mass is 28.3. The summed E-state index contributed by atoms with van der Waals surface area (Å²) in [7, 11) is -1.09. The zero-order chi connectivity index (χ0) is 14.0. The molecule has 105 valence electrons. The molecule has 2 rings (SSSR count). The molecule has 0 aromatic heterocycles. The lowest BCUT2D eigenvalue weighted by Crippen LogP contribution is -2.45. The average Bonchev–Trinajstić information content (AvgIpc) is 2.53. The van der Waals surface area contributed by atoms with Crippen molar-refractivity contribution in [2.45, 2.75) is 32.6 Å². The van der Waals surface area contributed by atoms with Crippen LogP contribution in [0.5, 0.6) is 0 Å². The number of hydrogen-bond donors (Lipinski definition) is 0. The van der Waals surface area contributed by atoms with Crippen LogP contribution in [0.1, 0.15) is 32.6 Å². The SMILES string of the molecule is CCCCCCO[Si](c1ccccc1)c1ccccc1. The van der Waals surface area contributed by atoms with Crippen LogP contribution in [0.4, 0.5) is 0 Å². The fourth-order valence-corrected chi connectivity index (χ4v) is 4.22. The van der Waals surface area contributed by atoms with Gasteiger partial charge in [-0.15, -0.1) is 0 Å². The fraction of sp³-hybridized carbons (Fsp3) is 0.333. The van der Waals surface area contributed by atoms with Crippen molar-refractivity contribution in [3.8, 4) is 0 Å². The monoisotopic (exact) mass is 283 g/mol. The lowest BCUT2D eigenvalue weighted by molar-refractivity contribution is 0.319. The van der Waals surface area contributed by atoms with E-state index in [0.29, 0.717) is 0 Å². The summed E-state index contributed by atoms with van der Waals surface area (Å²) >= 11 is 0. The van der Waals surface area contributed by atoms with Gasteiger partial charge in [0.05, 0.1) is 0 Å². The van der Waals surface area contributed by atoms with Crippen molar-refractivity contribution in [2.75, 3.05) is 6.61 Å². The Hall–Kier alpha value is -1.38. The van der Waals surface area contributed by atoms with Gasteiger partial charge in [0, 0.05) is 6.61 Å². The van der Waals surface area contributed by atoms with E-state index in [4.69, 9.17) is 4.43 Å². The van der Waals surface area contributed by atoms with E-state index in [1.165, 1.54) is 36.1 Å². The molecule has 0 aliphatic rings. The predicted octanol–water partition coefficient (Wildman–Crippen LogP) is 3.39. The molecule has 0 saturated heterocycles. The van der Waals surface area contributed by atoms with Gasteiger partial charge in [-0.1, -0.05) is 86.8 Å². The van der Waals surface area contributed by atoms with Crippen molar-refractivity contribution in [2.24, 2.45) is 0 Å². The van der Waals surface area contributed by atoms with Crippen molar-refractivity contribution >= 4 is 19.4 Å². The van der Waals surface area contributed by atoms with E-state index in [9.17, 15) is 0 Å². The number of rotatable bonds is 8. The smallest absolute Gasteiger partial charge is 0.282 e. The highest BCUT2D eigenvalue weighted by Gasteiger charge is 2.18. The Morgan fingerprint density at radius 1 is 0.750 bits per heavy atom. The molecule has 2 aromatic carbocycles. The number of unbranched alkanes of at least 4 members (excludes halogenated alkanes) is 3. The maximum atomic E-state index is 6.26. The quantitative estimate of drug-likeness (QED) is 0.533. The molecule has 0 bridgehead atoms. The molecule has 0 aliphatic heterocycles. The molecular formula is C18H23OSi. The molecule has 2 aromatic rings. The largest absolute Gasteiger partial charge is 0.407 e. The molecule has 2 heteroatoms. The molecule has 0 heterocycles. The zero-order valence-electron chi connectivity index (χ0n) is 12.2. The first kappa shape index (κ1) is 15.0. The van der Waals surface area contributed by atoms with Crippen LogP contribution in [-0.2, 0) is 4.43 Å². The van der Waals surface area contributed by atoms with Crippen LogP contribution in [-0.4, -0.2) is 15.6 Å². The van der Waals surface area contributed by atoms with Gasteiger partial charge >= 0.3 is 0 Å². The minimum atomic E-state index is -1.09. The third-order valence-corrected chi connectivity index (χ3v) is 5.52. The summed E-state index contributed by atoms with van der Waals surface area (Å²) in [5.41, 5.74) is 0. The first-order valence-corrected chi connectivity index (χ1v) is 8.93. The van der Waals surface area contributed by atoms with Crippen LogP contribution in [0.3, 0.4) is 0 Å². The molecule has 0 fully saturated rings. The second-order valence-electron chi connectivity index (χ2n) is 4.97. The molecule has 0 atom stereocenters. The normalized spacial score (nSPS) is 10.9. The van der Waals surface area contributed by atoms with E-state index in [0.717, 1.165) is 6.61 Å². The fourth-order valence-electron chi connectivity index (χ4n) is 2.22. The third kappa shape index (κ3) is 4.62. The van der Waals surface area contributed by atoms with Crippen LogP contribution in [0, 0.1) is 0 Å². The summed E-state index contributed by atoms with van der Waals surface area (Å²) in [6.07, 6.45) is 5.02. The second kappa shape index (κ2) is 8.72. The van der Waals surface area contributed by atoms with Gasteiger partial charge in [-0.3, -0.25) is 0 Å². The van der Waals surface area contributed by atoms with Gasteiger partial charge in [-0.2, -0.15) is 0 Å². The number of benzene rings is 2. The molecule has 1 radical (unpaired) electrons. The van der Waals surface area contributed by atoms with E-state index in [2.05, 4.69) is 67.6 Å². The zero-order valence-corrected chi connectivity index (χ0v) is 13.2. The molecular weight excluding hydrogens is 260 g/mol. The summed E-state index contributed by atoms with van der Waals surface area (Å²) < 4.78 is 6.26. The van der Waals surface area contributed by atoms with Gasteiger partial charge in [-0.05, 0) is 16.8 Å². The molecule has 0 unspecified atom stereocenters. The maximum Gasteiger partial charge on any atom is 0.282 e. The van der Waals surface area contributed by atoms with Crippen LogP contribution in [0.25, 0.3) is 0 Å². The van der Waals surface area contributed by atoms with Crippen LogP contribution < -0.4 is 10.4 Å². The predicted molar refractivity (Wildman–Crippen MR) is 88.0 cm³/mol.